The number of nitrogens with zero attached hydrogens (tertiary/aromatic N) is 1. The molecule has 1 rings (SSSR count). The first-order valence-electron chi connectivity index (χ1n) is 7.33. The highest BCUT2D eigenvalue weighted by molar-refractivity contribution is 7.99. The normalized spacial score (nSPS) is 21.4. The van der Waals surface area contributed by atoms with Crippen LogP contribution in [0.3, 0.4) is 0 Å². The quantitative estimate of drug-likeness (QED) is 0.721. The van der Waals surface area contributed by atoms with Crippen molar-refractivity contribution in [3.05, 3.63) is 0 Å². The third-order valence-corrected chi connectivity index (χ3v) is 5.04. The Kier molecular flexibility index (Phi) is 8.33. The highest BCUT2D eigenvalue weighted by Gasteiger charge is 2.15. The van der Waals surface area contributed by atoms with E-state index in [0.717, 1.165) is 12.0 Å². The molecule has 0 amide bonds. The monoisotopic (exact) mass is 258 g/mol. The van der Waals surface area contributed by atoms with Crippen molar-refractivity contribution in [2.45, 2.75) is 46.1 Å². The molecule has 1 unspecified atom stereocenters. The second-order valence-corrected chi connectivity index (χ2v) is 6.24. The maximum Gasteiger partial charge on any atom is 0.0170 e. The molecule has 3 heteroatoms. The molecule has 0 radical (unpaired) electrons. The fourth-order valence-electron chi connectivity index (χ4n) is 2.43. The highest BCUT2D eigenvalue weighted by atomic mass is 32.2. The molecule has 1 fully saturated rings. The zero-order valence-corrected chi connectivity index (χ0v) is 12.7. The van der Waals surface area contributed by atoms with Crippen LogP contribution in [0.4, 0.5) is 0 Å². The second kappa shape index (κ2) is 9.23. The maximum atomic E-state index is 3.63. The molecule has 1 aliphatic rings. The highest BCUT2D eigenvalue weighted by Crippen LogP contribution is 2.13. The van der Waals surface area contributed by atoms with E-state index in [2.05, 4.69) is 42.7 Å². The summed E-state index contributed by atoms with van der Waals surface area (Å²) in [6.07, 6.45) is 3.97. The van der Waals surface area contributed by atoms with Gasteiger partial charge in [0.2, 0.25) is 0 Å². The molecule has 1 aliphatic heterocycles. The number of hydrogen-bond acceptors (Lipinski definition) is 3. The summed E-state index contributed by atoms with van der Waals surface area (Å²) in [4.78, 5) is 2.64. The van der Waals surface area contributed by atoms with Gasteiger partial charge in [0.25, 0.3) is 0 Å². The predicted octanol–water partition coefficient (Wildman–Crippen LogP) is 2.84. The van der Waals surface area contributed by atoms with E-state index in [4.69, 9.17) is 0 Å². The molecule has 1 heterocycles. The van der Waals surface area contributed by atoms with Crippen LogP contribution in [0.15, 0.2) is 0 Å². The van der Waals surface area contributed by atoms with Crippen molar-refractivity contribution in [1.29, 1.82) is 0 Å². The Morgan fingerprint density at radius 2 is 2.06 bits per heavy atom. The number of rotatable bonds is 8. The van der Waals surface area contributed by atoms with Gasteiger partial charge in [0.1, 0.15) is 0 Å². The molecule has 1 atom stereocenters. The fraction of sp³-hybridized carbons (Fsp3) is 1.00. The number of thioether (sulfide) groups is 1. The topological polar surface area (TPSA) is 15.3 Å². The standard InChI is InChI=1S/C14H30N2S/c1-4-13(5-2)11-16(6-3)9-7-14-12-17-10-8-15-14/h13-15H,4-12H2,1-3H3. The summed E-state index contributed by atoms with van der Waals surface area (Å²) in [6, 6.07) is 0.754. The van der Waals surface area contributed by atoms with Crippen molar-refractivity contribution in [2.75, 3.05) is 37.7 Å². The SMILES string of the molecule is CCC(CC)CN(CC)CCC1CSCCN1. The zero-order chi connectivity index (χ0) is 12.5. The molecule has 0 bridgehead atoms. The predicted molar refractivity (Wildman–Crippen MR) is 79.9 cm³/mol. The van der Waals surface area contributed by atoms with Crippen LogP contribution in [-0.4, -0.2) is 48.6 Å². The van der Waals surface area contributed by atoms with Gasteiger partial charge < -0.3 is 10.2 Å². The van der Waals surface area contributed by atoms with E-state index in [1.165, 1.54) is 56.9 Å². The van der Waals surface area contributed by atoms with E-state index in [1.807, 2.05) is 0 Å². The van der Waals surface area contributed by atoms with Crippen LogP contribution in [-0.2, 0) is 0 Å². The molecule has 0 aromatic rings. The first kappa shape index (κ1) is 15.3. The van der Waals surface area contributed by atoms with Gasteiger partial charge in [0, 0.05) is 30.6 Å². The third-order valence-electron chi connectivity index (χ3n) is 3.91. The van der Waals surface area contributed by atoms with Gasteiger partial charge in [-0.3, -0.25) is 0 Å². The molecular formula is C14H30N2S. The first-order chi connectivity index (χ1) is 8.30. The largest absolute Gasteiger partial charge is 0.312 e. The Labute approximate surface area is 112 Å². The lowest BCUT2D eigenvalue weighted by atomic mass is 10.0. The molecule has 17 heavy (non-hydrogen) atoms. The van der Waals surface area contributed by atoms with Gasteiger partial charge in [-0.25, -0.2) is 0 Å². The first-order valence-corrected chi connectivity index (χ1v) is 8.49. The molecule has 0 aliphatic carbocycles. The zero-order valence-electron chi connectivity index (χ0n) is 11.9. The minimum absolute atomic E-state index is 0.754. The van der Waals surface area contributed by atoms with E-state index >= 15 is 0 Å². The number of hydrogen-bond donors (Lipinski definition) is 1. The van der Waals surface area contributed by atoms with Crippen molar-refractivity contribution in [1.82, 2.24) is 10.2 Å². The summed E-state index contributed by atoms with van der Waals surface area (Å²) < 4.78 is 0. The van der Waals surface area contributed by atoms with Gasteiger partial charge in [0.15, 0.2) is 0 Å². The summed E-state index contributed by atoms with van der Waals surface area (Å²) in [6.45, 7) is 11.9. The minimum Gasteiger partial charge on any atom is -0.312 e. The van der Waals surface area contributed by atoms with E-state index in [0.29, 0.717) is 0 Å². The lowest BCUT2D eigenvalue weighted by Crippen LogP contribution is -2.41. The van der Waals surface area contributed by atoms with Crippen molar-refractivity contribution in [3.63, 3.8) is 0 Å². The van der Waals surface area contributed by atoms with Gasteiger partial charge in [-0.1, -0.05) is 33.6 Å². The molecule has 1 saturated heterocycles. The van der Waals surface area contributed by atoms with Crippen LogP contribution >= 0.6 is 11.8 Å². The van der Waals surface area contributed by atoms with Gasteiger partial charge in [-0.2, -0.15) is 11.8 Å². The molecule has 0 aromatic carbocycles. The molecular weight excluding hydrogens is 228 g/mol. The molecule has 102 valence electrons. The Hall–Kier alpha value is 0.270. The van der Waals surface area contributed by atoms with E-state index in [9.17, 15) is 0 Å². The average molecular weight is 258 g/mol. The van der Waals surface area contributed by atoms with Crippen LogP contribution in [0.5, 0.6) is 0 Å². The van der Waals surface area contributed by atoms with Gasteiger partial charge in [-0.15, -0.1) is 0 Å². The molecule has 1 N–H and O–H groups in total. The van der Waals surface area contributed by atoms with Crippen LogP contribution in [0.2, 0.25) is 0 Å². The van der Waals surface area contributed by atoms with Crippen LogP contribution in [0.1, 0.15) is 40.0 Å². The Morgan fingerprint density at radius 3 is 2.59 bits per heavy atom. The lowest BCUT2D eigenvalue weighted by Gasteiger charge is -2.29. The average Bonchev–Trinajstić information content (AvgIpc) is 2.40. The molecule has 2 nitrogen and oxygen atoms in total. The van der Waals surface area contributed by atoms with E-state index < -0.39 is 0 Å². The third kappa shape index (κ3) is 6.12. The van der Waals surface area contributed by atoms with E-state index in [-0.39, 0.29) is 0 Å². The van der Waals surface area contributed by atoms with Gasteiger partial charge in [0.05, 0.1) is 0 Å². The van der Waals surface area contributed by atoms with Crippen molar-refractivity contribution in [3.8, 4) is 0 Å². The smallest absolute Gasteiger partial charge is 0.0170 e. The van der Waals surface area contributed by atoms with Gasteiger partial charge >= 0.3 is 0 Å². The Balaban J connectivity index is 2.20. The lowest BCUT2D eigenvalue weighted by molar-refractivity contribution is 0.224. The summed E-state index contributed by atoms with van der Waals surface area (Å²) in [5, 5.41) is 3.63. The van der Waals surface area contributed by atoms with E-state index in [1.54, 1.807) is 0 Å². The fourth-order valence-corrected chi connectivity index (χ4v) is 3.43. The Morgan fingerprint density at radius 1 is 1.29 bits per heavy atom. The summed E-state index contributed by atoms with van der Waals surface area (Å²) >= 11 is 2.10. The second-order valence-electron chi connectivity index (χ2n) is 5.09. The molecule has 0 aromatic heterocycles. The van der Waals surface area contributed by atoms with Crippen molar-refractivity contribution >= 4 is 11.8 Å². The van der Waals surface area contributed by atoms with Crippen LogP contribution in [0, 0.1) is 5.92 Å². The number of nitrogens with one attached hydrogen (secondary N) is 1. The maximum absolute atomic E-state index is 3.63. The molecule has 0 saturated carbocycles. The van der Waals surface area contributed by atoms with Crippen molar-refractivity contribution < 1.29 is 0 Å². The summed E-state index contributed by atoms with van der Waals surface area (Å²) in [7, 11) is 0. The van der Waals surface area contributed by atoms with Crippen LogP contribution < -0.4 is 5.32 Å². The summed E-state index contributed by atoms with van der Waals surface area (Å²) in [5.74, 6) is 3.49. The summed E-state index contributed by atoms with van der Waals surface area (Å²) in [5.41, 5.74) is 0. The van der Waals surface area contributed by atoms with Gasteiger partial charge in [-0.05, 0) is 25.4 Å². The van der Waals surface area contributed by atoms with Crippen LogP contribution in [0.25, 0.3) is 0 Å². The Bertz CT molecular complexity index is 177. The van der Waals surface area contributed by atoms with Crippen molar-refractivity contribution in [2.24, 2.45) is 5.92 Å². The minimum atomic E-state index is 0.754. The molecule has 0 spiro atoms.